The minimum Gasteiger partial charge on any atom is -0.478 e. The van der Waals surface area contributed by atoms with Gasteiger partial charge in [0.15, 0.2) is 0 Å². The van der Waals surface area contributed by atoms with Crippen LogP contribution in [0, 0.1) is 12.8 Å². The van der Waals surface area contributed by atoms with Gasteiger partial charge in [0.1, 0.15) is 0 Å². The number of carbonyl (C=O) groups is 1. The molecule has 0 aliphatic heterocycles. The molecule has 0 aliphatic rings. The molecule has 1 aromatic carbocycles. The first-order valence-electron chi connectivity index (χ1n) is 6.15. The third-order valence-electron chi connectivity index (χ3n) is 2.81. The van der Waals surface area contributed by atoms with E-state index in [0.717, 1.165) is 17.7 Å². The third-order valence-corrected chi connectivity index (χ3v) is 2.81. The number of aliphatic hydroxyl groups excluding tert-OH is 1. The van der Waals surface area contributed by atoms with Crippen molar-refractivity contribution < 1.29 is 15.0 Å². The van der Waals surface area contributed by atoms with Gasteiger partial charge < -0.3 is 15.5 Å². The molecule has 4 heteroatoms. The van der Waals surface area contributed by atoms with Gasteiger partial charge in [-0.25, -0.2) is 4.79 Å². The Balaban J connectivity index is 2.80. The molecule has 100 valence electrons. The number of aliphatic hydroxyl groups is 1. The summed E-state index contributed by atoms with van der Waals surface area (Å²) >= 11 is 0. The van der Waals surface area contributed by atoms with Gasteiger partial charge in [-0.05, 0) is 43.0 Å². The van der Waals surface area contributed by atoms with Crippen molar-refractivity contribution in [3.05, 3.63) is 29.3 Å². The molecule has 3 N–H and O–H groups in total. The maximum Gasteiger partial charge on any atom is 0.335 e. The van der Waals surface area contributed by atoms with Crippen LogP contribution in [0.15, 0.2) is 18.2 Å². The average molecular weight is 251 g/mol. The van der Waals surface area contributed by atoms with Gasteiger partial charge in [-0.15, -0.1) is 0 Å². The van der Waals surface area contributed by atoms with Crippen LogP contribution in [0.4, 0.5) is 5.69 Å². The first-order valence-corrected chi connectivity index (χ1v) is 6.15. The molecule has 1 rings (SSSR count). The van der Waals surface area contributed by atoms with E-state index in [1.165, 1.54) is 0 Å². The molecule has 4 nitrogen and oxygen atoms in total. The van der Waals surface area contributed by atoms with E-state index in [-0.39, 0.29) is 18.2 Å². The Morgan fingerprint density at radius 2 is 2.06 bits per heavy atom. The second kappa shape index (κ2) is 6.40. The highest BCUT2D eigenvalue weighted by Gasteiger charge is 2.12. The van der Waals surface area contributed by atoms with Crippen molar-refractivity contribution in [2.24, 2.45) is 5.92 Å². The molecule has 0 amide bonds. The predicted molar refractivity (Wildman–Crippen MR) is 72.1 cm³/mol. The van der Waals surface area contributed by atoms with Crippen LogP contribution in [0.5, 0.6) is 0 Å². The molecular formula is C14H21NO3. The molecule has 0 fully saturated rings. The van der Waals surface area contributed by atoms with Crippen LogP contribution in [0.2, 0.25) is 0 Å². The van der Waals surface area contributed by atoms with Gasteiger partial charge in [0, 0.05) is 11.7 Å². The zero-order valence-corrected chi connectivity index (χ0v) is 11.1. The van der Waals surface area contributed by atoms with Gasteiger partial charge in [0.25, 0.3) is 0 Å². The number of hydrogen-bond acceptors (Lipinski definition) is 3. The number of hydrogen-bond donors (Lipinski definition) is 3. The highest BCUT2D eigenvalue weighted by molar-refractivity contribution is 5.88. The Kier molecular flexibility index (Phi) is 5.16. The van der Waals surface area contributed by atoms with Crippen molar-refractivity contribution in [3.8, 4) is 0 Å². The lowest BCUT2D eigenvalue weighted by Crippen LogP contribution is -2.26. The number of nitrogens with one attached hydrogen (secondary N) is 1. The lowest BCUT2D eigenvalue weighted by Gasteiger charge is -2.21. The van der Waals surface area contributed by atoms with E-state index in [1.807, 2.05) is 6.92 Å². The zero-order chi connectivity index (χ0) is 13.7. The van der Waals surface area contributed by atoms with Crippen molar-refractivity contribution >= 4 is 11.7 Å². The predicted octanol–water partition coefficient (Wildman–Crippen LogP) is 2.51. The van der Waals surface area contributed by atoms with Gasteiger partial charge in [0.05, 0.1) is 12.2 Å². The van der Waals surface area contributed by atoms with E-state index in [9.17, 15) is 9.90 Å². The highest BCUT2D eigenvalue weighted by Crippen LogP contribution is 2.19. The maximum absolute atomic E-state index is 10.8. The molecule has 18 heavy (non-hydrogen) atoms. The molecule has 0 radical (unpaired) electrons. The Hall–Kier alpha value is -1.55. The van der Waals surface area contributed by atoms with E-state index < -0.39 is 5.97 Å². The second-order valence-electron chi connectivity index (χ2n) is 4.99. The van der Waals surface area contributed by atoms with Gasteiger partial charge >= 0.3 is 5.97 Å². The minimum absolute atomic E-state index is 0.000576. The van der Waals surface area contributed by atoms with Crippen LogP contribution in [0.1, 0.15) is 36.2 Å². The molecule has 0 spiro atoms. The molecule has 0 aliphatic carbocycles. The normalized spacial score (nSPS) is 12.5. The molecular weight excluding hydrogens is 230 g/mol. The van der Waals surface area contributed by atoms with Gasteiger partial charge in [-0.2, -0.15) is 0 Å². The number of rotatable bonds is 6. The molecule has 1 atom stereocenters. The SMILES string of the molecule is Cc1cc(C(=O)O)ccc1NC(CO)CC(C)C. The summed E-state index contributed by atoms with van der Waals surface area (Å²) in [4.78, 5) is 10.8. The van der Waals surface area contributed by atoms with E-state index in [2.05, 4.69) is 19.2 Å². The summed E-state index contributed by atoms with van der Waals surface area (Å²) in [5.74, 6) is -0.432. The molecule has 0 saturated carbocycles. The fraction of sp³-hybridized carbons (Fsp3) is 0.500. The van der Waals surface area contributed by atoms with Crippen LogP contribution >= 0.6 is 0 Å². The summed E-state index contributed by atoms with van der Waals surface area (Å²) in [6.45, 7) is 6.13. The van der Waals surface area contributed by atoms with Gasteiger partial charge in [0.2, 0.25) is 0 Å². The summed E-state index contributed by atoms with van der Waals surface area (Å²) in [6, 6.07) is 4.96. The quantitative estimate of drug-likeness (QED) is 0.726. The molecule has 0 aromatic heterocycles. The lowest BCUT2D eigenvalue weighted by atomic mass is 10.0. The summed E-state index contributed by atoms with van der Waals surface area (Å²) in [6.07, 6.45) is 0.872. The van der Waals surface area contributed by atoms with Crippen molar-refractivity contribution in [2.75, 3.05) is 11.9 Å². The largest absolute Gasteiger partial charge is 0.478 e. The topological polar surface area (TPSA) is 69.6 Å². The Morgan fingerprint density at radius 3 is 2.50 bits per heavy atom. The number of aryl methyl sites for hydroxylation is 1. The fourth-order valence-corrected chi connectivity index (χ4v) is 1.93. The standard InChI is InChI=1S/C14H21NO3/c1-9(2)6-12(8-16)15-13-5-4-11(14(17)18)7-10(13)3/h4-5,7,9,12,15-16H,6,8H2,1-3H3,(H,17,18). The first kappa shape index (κ1) is 14.5. The van der Waals surface area contributed by atoms with Crippen molar-refractivity contribution in [2.45, 2.75) is 33.2 Å². The van der Waals surface area contributed by atoms with Crippen LogP contribution < -0.4 is 5.32 Å². The summed E-state index contributed by atoms with van der Waals surface area (Å²) in [5, 5.41) is 21.5. The van der Waals surface area contributed by atoms with Crippen LogP contribution in [0.25, 0.3) is 0 Å². The van der Waals surface area contributed by atoms with Crippen molar-refractivity contribution in [1.82, 2.24) is 0 Å². The average Bonchev–Trinajstić information content (AvgIpc) is 2.29. The van der Waals surface area contributed by atoms with Gasteiger partial charge in [-0.3, -0.25) is 0 Å². The molecule has 0 heterocycles. The fourth-order valence-electron chi connectivity index (χ4n) is 1.93. The first-order chi connectivity index (χ1) is 8.43. The zero-order valence-electron chi connectivity index (χ0n) is 11.1. The van der Waals surface area contributed by atoms with Crippen LogP contribution in [0.3, 0.4) is 0 Å². The van der Waals surface area contributed by atoms with E-state index in [0.29, 0.717) is 5.92 Å². The smallest absolute Gasteiger partial charge is 0.335 e. The second-order valence-corrected chi connectivity index (χ2v) is 4.99. The summed E-state index contributed by atoms with van der Waals surface area (Å²) < 4.78 is 0. The lowest BCUT2D eigenvalue weighted by molar-refractivity contribution is 0.0697. The Morgan fingerprint density at radius 1 is 1.39 bits per heavy atom. The summed E-state index contributed by atoms with van der Waals surface area (Å²) in [5.41, 5.74) is 2.03. The number of carboxylic acid groups (broad SMARTS) is 1. The Labute approximate surface area is 108 Å². The van der Waals surface area contributed by atoms with E-state index in [4.69, 9.17) is 5.11 Å². The number of carboxylic acids is 1. The van der Waals surface area contributed by atoms with Gasteiger partial charge in [-0.1, -0.05) is 13.8 Å². The van der Waals surface area contributed by atoms with E-state index in [1.54, 1.807) is 18.2 Å². The Bertz CT molecular complexity index is 416. The molecule has 1 aromatic rings. The van der Waals surface area contributed by atoms with Crippen LogP contribution in [-0.4, -0.2) is 28.8 Å². The summed E-state index contributed by atoms with van der Waals surface area (Å²) in [7, 11) is 0. The highest BCUT2D eigenvalue weighted by atomic mass is 16.4. The minimum atomic E-state index is -0.925. The van der Waals surface area contributed by atoms with Crippen molar-refractivity contribution in [3.63, 3.8) is 0 Å². The molecule has 0 bridgehead atoms. The monoisotopic (exact) mass is 251 g/mol. The van der Waals surface area contributed by atoms with Crippen LogP contribution in [-0.2, 0) is 0 Å². The number of anilines is 1. The van der Waals surface area contributed by atoms with Crippen molar-refractivity contribution in [1.29, 1.82) is 0 Å². The number of aromatic carboxylic acids is 1. The van der Waals surface area contributed by atoms with E-state index >= 15 is 0 Å². The molecule has 0 saturated heterocycles. The molecule has 1 unspecified atom stereocenters. The third kappa shape index (κ3) is 4.04. The maximum atomic E-state index is 10.8. The number of benzene rings is 1.